The monoisotopic (exact) mass is 452 g/mol. The van der Waals surface area contributed by atoms with Gasteiger partial charge in [0.1, 0.15) is 4.83 Å². The summed E-state index contributed by atoms with van der Waals surface area (Å²) in [4.78, 5) is 11.8. The summed E-state index contributed by atoms with van der Waals surface area (Å²) < 4.78 is 4.95. The molecule has 0 saturated heterocycles. The molecule has 28 heavy (non-hydrogen) atoms. The Balaban J connectivity index is 1.50. The first kappa shape index (κ1) is 21.2. The fraction of sp³-hybridized carbons (Fsp3) is 0.960. The largest absolute Gasteiger partial charge is 0.468 e. The zero-order valence-corrected chi connectivity index (χ0v) is 20.1. The predicted molar refractivity (Wildman–Crippen MR) is 118 cm³/mol. The minimum absolute atomic E-state index is 0.112. The van der Waals surface area contributed by atoms with Gasteiger partial charge in [-0.3, -0.25) is 4.79 Å². The summed E-state index contributed by atoms with van der Waals surface area (Å²) in [7, 11) is 1.50. The van der Waals surface area contributed by atoms with Crippen LogP contribution in [0.3, 0.4) is 0 Å². The van der Waals surface area contributed by atoms with Crippen LogP contribution in [0.25, 0.3) is 0 Å². The highest BCUT2D eigenvalue weighted by Gasteiger charge is 2.60. The summed E-state index contributed by atoms with van der Waals surface area (Å²) in [6.07, 6.45) is 15.5. The van der Waals surface area contributed by atoms with Crippen LogP contribution in [0.1, 0.15) is 91.4 Å². The molecule has 0 aliphatic heterocycles. The summed E-state index contributed by atoms with van der Waals surface area (Å²) in [5.41, 5.74) is 1.12. The van der Waals surface area contributed by atoms with Crippen molar-refractivity contribution in [2.24, 2.45) is 46.3 Å². The van der Waals surface area contributed by atoms with E-state index in [1.807, 2.05) is 0 Å². The number of hydrogen-bond donors (Lipinski definition) is 0. The van der Waals surface area contributed by atoms with Crippen LogP contribution in [-0.4, -0.2) is 17.9 Å². The molecule has 0 N–H and O–H groups in total. The van der Waals surface area contributed by atoms with Crippen LogP contribution in [0, 0.1) is 46.3 Å². The highest BCUT2D eigenvalue weighted by atomic mass is 79.9. The first-order valence-corrected chi connectivity index (χ1v) is 12.9. The van der Waals surface area contributed by atoms with Gasteiger partial charge in [0.05, 0.1) is 7.11 Å². The average Bonchev–Trinajstić information content (AvgIpc) is 3.04. The molecule has 4 rings (SSSR count). The molecular weight excluding hydrogens is 412 g/mol. The highest BCUT2D eigenvalue weighted by molar-refractivity contribution is 9.10. The lowest BCUT2D eigenvalue weighted by Gasteiger charge is -2.61. The number of rotatable bonds is 4. The van der Waals surface area contributed by atoms with Gasteiger partial charge in [0.15, 0.2) is 0 Å². The minimum Gasteiger partial charge on any atom is -0.468 e. The van der Waals surface area contributed by atoms with Gasteiger partial charge in [-0.05, 0) is 104 Å². The molecule has 160 valence electrons. The number of carbonyl (C=O) groups is 1. The fourth-order valence-corrected chi connectivity index (χ4v) is 9.76. The molecule has 0 spiro atoms. The van der Waals surface area contributed by atoms with Crippen molar-refractivity contribution in [1.29, 1.82) is 0 Å². The molecule has 0 aromatic rings. The van der Waals surface area contributed by atoms with Crippen LogP contribution in [0.5, 0.6) is 0 Å². The van der Waals surface area contributed by atoms with Crippen molar-refractivity contribution >= 4 is 21.9 Å². The van der Waals surface area contributed by atoms with E-state index in [0.29, 0.717) is 16.7 Å². The molecule has 2 nitrogen and oxygen atoms in total. The second-order valence-electron chi connectivity index (χ2n) is 11.3. The molecule has 4 aliphatic rings. The first-order valence-electron chi connectivity index (χ1n) is 12.0. The lowest BCUT2D eigenvalue weighted by Crippen LogP contribution is -2.53. The van der Waals surface area contributed by atoms with Crippen LogP contribution in [0.4, 0.5) is 0 Å². The van der Waals surface area contributed by atoms with Gasteiger partial charge in [-0.2, -0.15) is 0 Å². The summed E-state index contributed by atoms with van der Waals surface area (Å²) in [5, 5.41) is 0. The van der Waals surface area contributed by atoms with Gasteiger partial charge in [-0.1, -0.05) is 49.5 Å². The Hall–Kier alpha value is -0.0500. The quantitative estimate of drug-likeness (QED) is 0.338. The van der Waals surface area contributed by atoms with Crippen molar-refractivity contribution in [2.45, 2.75) is 96.2 Å². The van der Waals surface area contributed by atoms with E-state index in [4.69, 9.17) is 4.74 Å². The topological polar surface area (TPSA) is 26.3 Å². The third-order valence-corrected chi connectivity index (χ3v) is 11.1. The molecule has 0 amide bonds. The molecule has 0 aromatic heterocycles. The second-order valence-corrected chi connectivity index (χ2v) is 12.4. The van der Waals surface area contributed by atoms with Gasteiger partial charge in [0.2, 0.25) is 0 Å². The maximum atomic E-state index is 11.9. The number of esters is 1. The molecule has 3 heteroatoms. The first-order chi connectivity index (χ1) is 13.3. The second kappa shape index (κ2) is 7.89. The number of fused-ring (bicyclic) bond motifs is 5. The van der Waals surface area contributed by atoms with E-state index in [0.717, 1.165) is 36.0 Å². The Bertz CT molecular complexity index is 591. The van der Waals surface area contributed by atoms with E-state index < -0.39 is 0 Å². The van der Waals surface area contributed by atoms with Gasteiger partial charge in [0, 0.05) is 0 Å². The standard InChI is InChI=1S/C25H41BrO2/c1-16(15-22(26)23(27)28-4)19-10-11-20-18-9-8-17-7-5-6-13-24(17,2)21(18)12-14-25(19,20)3/h16-22H,5-15H2,1-4H3/t16-,17?,18?,19?,20?,21?,22?,24?,25?/m1/s1. The van der Waals surface area contributed by atoms with Crippen LogP contribution < -0.4 is 0 Å². The van der Waals surface area contributed by atoms with E-state index in [1.165, 1.54) is 71.3 Å². The molecule has 0 radical (unpaired) electrons. The fourth-order valence-electron chi connectivity index (χ4n) is 8.99. The van der Waals surface area contributed by atoms with E-state index >= 15 is 0 Å². The zero-order chi connectivity index (χ0) is 20.1. The molecule has 9 atom stereocenters. The third kappa shape index (κ3) is 3.30. The Labute approximate surface area is 181 Å². The van der Waals surface area contributed by atoms with Crippen molar-refractivity contribution in [1.82, 2.24) is 0 Å². The van der Waals surface area contributed by atoms with Crippen molar-refractivity contribution in [3.8, 4) is 0 Å². The molecule has 4 saturated carbocycles. The van der Waals surface area contributed by atoms with Gasteiger partial charge in [-0.25, -0.2) is 0 Å². The normalized spacial score (nSPS) is 47.4. The van der Waals surface area contributed by atoms with Gasteiger partial charge >= 0.3 is 5.97 Å². The molecule has 4 aliphatic carbocycles. The van der Waals surface area contributed by atoms with Crippen LogP contribution in [0.15, 0.2) is 0 Å². The molecule has 0 heterocycles. The van der Waals surface area contributed by atoms with Gasteiger partial charge in [0.25, 0.3) is 0 Å². The average molecular weight is 454 g/mol. The van der Waals surface area contributed by atoms with E-state index in [1.54, 1.807) is 0 Å². The number of halogens is 1. The zero-order valence-electron chi connectivity index (χ0n) is 18.5. The lowest BCUT2D eigenvalue weighted by molar-refractivity contribution is -0.140. The Morgan fingerprint density at radius 1 is 1.00 bits per heavy atom. The summed E-state index contributed by atoms with van der Waals surface area (Å²) >= 11 is 3.58. The lowest BCUT2D eigenvalue weighted by atomic mass is 9.44. The Kier molecular flexibility index (Phi) is 5.97. The SMILES string of the molecule is COC(=O)C(Br)C[C@@H](C)C1CCC2C3CCC4CCCCC4(C)C3CCC21C. The van der Waals surface area contributed by atoms with Gasteiger partial charge < -0.3 is 4.74 Å². The molecule has 0 bridgehead atoms. The van der Waals surface area contributed by atoms with Crippen molar-refractivity contribution in [3.63, 3.8) is 0 Å². The van der Waals surface area contributed by atoms with Crippen LogP contribution in [-0.2, 0) is 9.53 Å². The van der Waals surface area contributed by atoms with E-state index in [-0.39, 0.29) is 10.8 Å². The Morgan fingerprint density at radius 3 is 2.50 bits per heavy atom. The molecule has 4 fully saturated rings. The minimum atomic E-state index is -0.150. The van der Waals surface area contributed by atoms with Crippen molar-refractivity contribution in [2.75, 3.05) is 7.11 Å². The smallest absolute Gasteiger partial charge is 0.319 e. The van der Waals surface area contributed by atoms with Crippen molar-refractivity contribution < 1.29 is 9.53 Å². The highest BCUT2D eigenvalue weighted by Crippen LogP contribution is 2.68. The number of hydrogen-bond acceptors (Lipinski definition) is 2. The molecule has 0 aromatic carbocycles. The summed E-state index contributed by atoms with van der Waals surface area (Å²) in [6, 6.07) is 0. The molecule has 8 unspecified atom stereocenters. The summed E-state index contributed by atoms with van der Waals surface area (Å²) in [6.45, 7) is 7.69. The Morgan fingerprint density at radius 2 is 1.75 bits per heavy atom. The number of ether oxygens (including phenoxy) is 1. The van der Waals surface area contributed by atoms with E-state index in [2.05, 4.69) is 36.7 Å². The van der Waals surface area contributed by atoms with Crippen LogP contribution in [0.2, 0.25) is 0 Å². The number of methoxy groups -OCH3 is 1. The number of carbonyl (C=O) groups excluding carboxylic acids is 1. The van der Waals surface area contributed by atoms with Crippen molar-refractivity contribution in [3.05, 3.63) is 0 Å². The summed E-state index contributed by atoms with van der Waals surface area (Å²) in [5.74, 6) is 5.12. The molecular formula is C25H41BrO2. The maximum absolute atomic E-state index is 11.9. The maximum Gasteiger partial charge on any atom is 0.319 e. The van der Waals surface area contributed by atoms with Crippen LogP contribution >= 0.6 is 15.9 Å². The van der Waals surface area contributed by atoms with Gasteiger partial charge in [-0.15, -0.1) is 0 Å². The predicted octanol–water partition coefficient (Wildman–Crippen LogP) is 7.00. The van der Waals surface area contributed by atoms with E-state index in [9.17, 15) is 4.79 Å². The number of alkyl halides is 1. The third-order valence-electron chi connectivity index (χ3n) is 10.4.